The van der Waals surface area contributed by atoms with Crippen LogP contribution in [-0.2, 0) is 17.8 Å². The number of pyridine rings is 1. The van der Waals surface area contributed by atoms with Gasteiger partial charge in [-0.05, 0) is 12.1 Å². The largest absolute Gasteiger partial charge is 0.496 e. The van der Waals surface area contributed by atoms with Gasteiger partial charge in [-0.25, -0.2) is 4.98 Å². The molecule has 0 saturated carbocycles. The minimum Gasteiger partial charge on any atom is -0.496 e. The van der Waals surface area contributed by atoms with Gasteiger partial charge < -0.3 is 24.8 Å². The molecule has 0 atom stereocenters. The van der Waals surface area contributed by atoms with Gasteiger partial charge in [0.2, 0.25) is 5.88 Å². The molecule has 2 aromatic rings. The summed E-state index contributed by atoms with van der Waals surface area (Å²) >= 11 is 0. The molecule has 0 saturated heterocycles. The van der Waals surface area contributed by atoms with Crippen LogP contribution in [0.1, 0.15) is 11.1 Å². The van der Waals surface area contributed by atoms with E-state index in [1.165, 1.54) is 0 Å². The lowest BCUT2D eigenvalue weighted by molar-refractivity contribution is 0.143. The lowest BCUT2D eigenvalue weighted by atomic mass is 10.2. The molecule has 0 spiro atoms. The Morgan fingerprint density at radius 2 is 1.70 bits per heavy atom. The van der Waals surface area contributed by atoms with Crippen molar-refractivity contribution in [3.8, 4) is 11.6 Å². The first-order chi connectivity index (χ1) is 12.8. The quantitative estimate of drug-likeness (QED) is 0.246. The summed E-state index contributed by atoms with van der Waals surface area (Å²) in [6.45, 7) is 2.13. The van der Waals surface area contributed by atoms with Crippen molar-refractivity contribution in [1.29, 1.82) is 0 Å². The average Bonchev–Trinajstić information content (AvgIpc) is 2.69. The molecule has 7 nitrogen and oxygen atoms in total. The topological polar surface area (TPSA) is 77.0 Å². The number of nitrogens with zero attached hydrogens (tertiary/aromatic N) is 2. The summed E-state index contributed by atoms with van der Waals surface area (Å²) in [5.41, 5.74) is 2.01. The Morgan fingerprint density at radius 3 is 2.41 bits per heavy atom. The number of methoxy groups -OCH3 is 2. The zero-order valence-corrected chi connectivity index (χ0v) is 18.2. The number of halogens is 1. The SMILES string of the molecule is CN=C(NCc1ccccc1OC)NCc1cccnc1OCCOC.I. The standard InChI is InChI=1S/C19H26N4O3.HI/c1-20-19(22-13-15-7-4-5-9-17(15)25-3)23-14-16-8-6-10-21-18(16)26-12-11-24-2;/h4-10H,11-14H2,1-3H3,(H2,20,22,23);1H. The van der Waals surface area contributed by atoms with E-state index in [2.05, 4.69) is 20.6 Å². The molecule has 1 heterocycles. The van der Waals surface area contributed by atoms with Crippen LogP contribution < -0.4 is 20.1 Å². The minimum atomic E-state index is 0. The van der Waals surface area contributed by atoms with Crippen molar-refractivity contribution in [2.75, 3.05) is 34.5 Å². The van der Waals surface area contributed by atoms with Crippen molar-refractivity contribution in [2.45, 2.75) is 13.1 Å². The van der Waals surface area contributed by atoms with E-state index in [1.807, 2.05) is 36.4 Å². The van der Waals surface area contributed by atoms with Gasteiger partial charge >= 0.3 is 0 Å². The van der Waals surface area contributed by atoms with E-state index in [9.17, 15) is 0 Å². The van der Waals surface area contributed by atoms with Gasteiger partial charge in [-0.3, -0.25) is 4.99 Å². The maximum Gasteiger partial charge on any atom is 0.218 e. The molecule has 27 heavy (non-hydrogen) atoms. The lowest BCUT2D eigenvalue weighted by Crippen LogP contribution is -2.36. The Kier molecular flexibility index (Phi) is 11.2. The molecule has 148 valence electrons. The fraction of sp³-hybridized carbons (Fsp3) is 0.368. The number of hydrogen-bond donors (Lipinski definition) is 2. The first-order valence-corrected chi connectivity index (χ1v) is 8.40. The van der Waals surface area contributed by atoms with Crippen LogP contribution in [0.15, 0.2) is 47.6 Å². The van der Waals surface area contributed by atoms with Gasteiger partial charge in [0.1, 0.15) is 12.4 Å². The average molecular weight is 486 g/mol. The molecule has 0 aliphatic carbocycles. The highest BCUT2D eigenvalue weighted by molar-refractivity contribution is 14.0. The summed E-state index contributed by atoms with van der Waals surface area (Å²) in [5, 5.41) is 6.55. The van der Waals surface area contributed by atoms with E-state index in [0.717, 1.165) is 16.9 Å². The molecule has 0 bridgehead atoms. The molecule has 0 radical (unpaired) electrons. The normalized spacial score (nSPS) is 10.7. The van der Waals surface area contributed by atoms with Crippen LogP contribution in [0.3, 0.4) is 0 Å². The van der Waals surface area contributed by atoms with Crippen LogP contribution in [0.2, 0.25) is 0 Å². The van der Waals surface area contributed by atoms with Gasteiger partial charge in [0.05, 0.1) is 13.7 Å². The molecule has 0 amide bonds. The molecule has 0 aliphatic rings. The molecular weight excluding hydrogens is 459 g/mol. The van der Waals surface area contributed by atoms with Gasteiger partial charge in [0.15, 0.2) is 5.96 Å². The number of benzene rings is 1. The second-order valence-corrected chi connectivity index (χ2v) is 5.40. The number of nitrogens with one attached hydrogen (secondary N) is 2. The van der Waals surface area contributed by atoms with Crippen LogP contribution >= 0.6 is 24.0 Å². The Bertz CT molecular complexity index is 713. The Balaban J connectivity index is 0.00000364. The van der Waals surface area contributed by atoms with E-state index in [1.54, 1.807) is 27.5 Å². The molecule has 0 unspecified atom stereocenters. The first-order valence-electron chi connectivity index (χ1n) is 8.40. The van der Waals surface area contributed by atoms with Crippen molar-refractivity contribution in [3.63, 3.8) is 0 Å². The number of guanidine groups is 1. The maximum absolute atomic E-state index is 5.65. The summed E-state index contributed by atoms with van der Waals surface area (Å²) in [7, 11) is 5.04. The third-order valence-electron chi connectivity index (χ3n) is 3.68. The van der Waals surface area contributed by atoms with Crippen LogP contribution in [0, 0.1) is 0 Å². The number of rotatable bonds is 9. The van der Waals surface area contributed by atoms with Gasteiger partial charge in [-0.2, -0.15) is 0 Å². The molecule has 1 aromatic carbocycles. The fourth-order valence-electron chi connectivity index (χ4n) is 2.34. The number of aliphatic imine (C=N–C) groups is 1. The highest BCUT2D eigenvalue weighted by atomic mass is 127. The Labute approximate surface area is 177 Å². The minimum absolute atomic E-state index is 0. The number of hydrogen-bond acceptors (Lipinski definition) is 5. The van der Waals surface area contributed by atoms with Gasteiger partial charge in [0, 0.05) is 44.6 Å². The molecule has 1 aromatic heterocycles. The zero-order valence-electron chi connectivity index (χ0n) is 15.9. The van der Waals surface area contributed by atoms with Gasteiger partial charge in [0.25, 0.3) is 0 Å². The highest BCUT2D eigenvalue weighted by Crippen LogP contribution is 2.17. The summed E-state index contributed by atoms with van der Waals surface area (Å²) in [6, 6.07) is 11.7. The third kappa shape index (κ3) is 7.59. The third-order valence-corrected chi connectivity index (χ3v) is 3.68. The Morgan fingerprint density at radius 1 is 1.00 bits per heavy atom. The smallest absolute Gasteiger partial charge is 0.218 e. The summed E-state index contributed by atoms with van der Waals surface area (Å²) < 4.78 is 16.0. The predicted molar refractivity (Wildman–Crippen MR) is 117 cm³/mol. The molecule has 8 heteroatoms. The van der Waals surface area contributed by atoms with Crippen molar-refractivity contribution >= 4 is 29.9 Å². The number of ether oxygens (including phenoxy) is 3. The van der Waals surface area contributed by atoms with E-state index in [4.69, 9.17) is 14.2 Å². The molecule has 2 rings (SSSR count). The van der Waals surface area contributed by atoms with Crippen molar-refractivity contribution in [2.24, 2.45) is 4.99 Å². The monoisotopic (exact) mass is 486 g/mol. The molecular formula is C19H27IN4O3. The van der Waals surface area contributed by atoms with E-state index < -0.39 is 0 Å². The van der Waals surface area contributed by atoms with E-state index in [0.29, 0.717) is 38.1 Å². The predicted octanol–water partition coefficient (Wildman–Crippen LogP) is 2.60. The van der Waals surface area contributed by atoms with Crippen molar-refractivity contribution in [1.82, 2.24) is 15.6 Å². The highest BCUT2D eigenvalue weighted by Gasteiger charge is 2.07. The second kappa shape index (κ2) is 13.2. The maximum atomic E-state index is 5.65. The fourth-order valence-corrected chi connectivity index (χ4v) is 2.34. The van der Waals surface area contributed by atoms with Crippen molar-refractivity contribution in [3.05, 3.63) is 53.7 Å². The summed E-state index contributed by atoms with van der Waals surface area (Å²) in [4.78, 5) is 8.53. The lowest BCUT2D eigenvalue weighted by Gasteiger charge is -2.15. The zero-order chi connectivity index (χ0) is 18.6. The van der Waals surface area contributed by atoms with Crippen LogP contribution in [0.5, 0.6) is 11.6 Å². The van der Waals surface area contributed by atoms with E-state index in [-0.39, 0.29) is 24.0 Å². The number of aromatic nitrogens is 1. The van der Waals surface area contributed by atoms with Crippen LogP contribution in [0.25, 0.3) is 0 Å². The summed E-state index contributed by atoms with van der Waals surface area (Å²) in [6.07, 6.45) is 1.71. The molecule has 0 aliphatic heterocycles. The second-order valence-electron chi connectivity index (χ2n) is 5.40. The van der Waals surface area contributed by atoms with Crippen LogP contribution in [0.4, 0.5) is 0 Å². The first kappa shape index (κ1) is 23.0. The molecule has 2 N–H and O–H groups in total. The van der Waals surface area contributed by atoms with Gasteiger partial charge in [-0.15, -0.1) is 24.0 Å². The van der Waals surface area contributed by atoms with Crippen molar-refractivity contribution < 1.29 is 14.2 Å². The number of para-hydroxylation sites is 1. The van der Waals surface area contributed by atoms with Gasteiger partial charge in [-0.1, -0.05) is 24.3 Å². The summed E-state index contributed by atoms with van der Waals surface area (Å²) in [5.74, 6) is 2.12. The van der Waals surface area contributed by atoms with E-state index >= 15 is 0 Å². The van der Waals surface area contributed by atoms with Crippen LogP contribution in [-0.4, -0.2) is 45.4 Å². The Hall–Kier alpha value is -2.07. The molecule has 0 fully saturated rings.